The van der Waals surface area contributed by atoms with Crippen LogP contribution in [0.3, 0.4) is 0 Å². The minimum absolute atomic E-state index is 0.185. The maximum atomic E-state index is 13.5. The zero-order chi connectivity index (χ0) is 14.2. The van der Waals surface area contributed by atoms with E-state index in [1.807, 2.05) is 0 Å². The van der Waals surface area contributed by atoms with Crippen LogP contribution >= 0.6 is 0 Å². The number of carboxylic acids is 1. The Labute approximate surface area is 108 Å². The van der Waals surface area contributed by atoms with E-state index in [1.54, 1.807) is 6.92 Å². The lowest BCUT2D eigenvalue weighted by Gasteiger charge is -2.23. The first-order valence-electron chi connectivity index (χ1n) is 5.91. The van der Waals surface area contributed by atoms with Crippen molar-refractivity contribution in [2.24, 2.45) is 5.92 Å². The van der Waals surface area contributed by atoms with Crippen LogP contribution in [-0.4, -0.2) is 34.5 Å². The maximum Gasteiger partial charge on any atom is 0.308 e. The van der Waals surface area contributed by atoms with E-state index in [0.717, 1.165) is 12.1 Å². The molecule has 1 aromatic carbocycles. The fourth-order valence-corrected chi connectivity index (χ4v) is 2.40. The van der Waals surface area contributed by atoms with E-state index in [9.17, 15) is 18.4 Å². The average molecular weight is 269 g/mol. The Morgan fingerprint density at radius 3 is 2.37 bits per heavy atom. The zero-order valence-corrected chi connectivity index (χ0v) is 10.3. The highest BCUT2D eigenvalue weighted by Gasteiger charge is 2.39. The summed E-state index contributed by atoms with van der Waals surface area (Å²) in [6.45, 7) is 1.76. The van der Waals surface area contributed by atoms with E-state index in [1.165, 1.54) is 11.0 Å². The van der Waals surface area contributed by atoms with Gasteiger partial charge in [-0.3, -0.25) is 9.59 Å². The molecule has 1 amide bonds. The van der Waals surface area contributed by atoms with Crippen molar-refractivity contribution in [3.8, 4) is 0 Å². The van der Waals surface area contributed by atoms with Crippen LogP contribution in [-0.2, 0) is 4.79 Å². The Morgan fingerprint density at radius 1 is 1.32 bits per heavy atom. The van der Waals surface area contributed by atoms with Crippen LogP contribution in [0.15, 0.2) is 18.2 Å². The molecule has 0 bridgehead atoms. The van der Waals surface area contributed by atoms with E-state index in [4.69, 9.17) is 5.11 Å². The number of rotatable bonds is 2. The van der Waals surface area contributed by atoms with E-state index in [2.05, 4.69) is 0 Å². The highest BCUT2D eigenvalue weighted by molar-refractivity contribution is 5.95. The molecule has 1 aliphatic heterocycles. The molecular weight excluding hydrogens is 256 g/mol. The number of carboxylic acid groups (broad SMARTS) is 1. The topological polar surface area (TPSA) is 57.6 Å². The third kappa shape index (κ3) is 2.30. The average Bonchev–Trinajstić information content (AvgIpc) is 2.70. The summed E-state index contributed by atoms with van der Waals surface area (Å²) >= 11 is 0. The van der Waals surface area contributed by atoms with E-state index in [-0.39, 0.29) is 13.0 Å². The molecule has 1 N–H and O–H groups in total. The molecule has 102 valence electrons. The summed E-state index contributed by atoms with van der Waals surface area (Å²) in [5.74, 6) is -4.37. The van der Waals surface area contributed by atoms with Gasteiger partial charge in [0.15, 0.2) is 0 Å². The molecule has 4 nitrogen and oxygen atoms in total. The number of nitrogens with zero attached hydrogens (tertiary/aromatic N) is 1. The summed E-state index contributed by atoms with van der Waals surface area (Å²) in [4.78, 5) is 24.3. The molecule has 0 aromatic heterocycles. The fourth-order valence-electron chi connectivity index (χ4n) is 2.40. The van der Waals surface area contributed by atoms with Crippen LogP contribution in [0.25, 0.3) is 0 Å². The monoisotopic (exact) mass is 269 g/mol. The molecule has 1 heterocycles. The van der Waals surface area contributed by atoms with Gasteiger partial charge in [-0.05, 0) is 25.5 Å². The molecule has 6 heteroatoms. The van der Waals surface area contributed by atoms with Crippen molar-refractivity contribution < 1.29 is 23.5 Å². The van der Waals surface area contributed by atoms with Gasteiger partial charge in [-0.2, -0.15) is 0 Å². The van der Waals surface area contributed by atoms with Gasteiger partial charge < -0.3 is 10.0 Å². The normalized spacial score (nSPS) is 22.6. The molecule has 0 saturated carbocycles. The molecule has 1 fully saturated rings. The zero-order valence-electron chi connectivity index (χ0n) is 10.3. The second kappa shape index (κ2) is 4.95. The van der Waals surface area contributed by atoms with Gasteiger partial charge in [0, 0.05) is 12.6 Å². The number of likely N-dealkylation sites (tertiary alicyclic amines) is 1. The second-order valence-electron chi connectivity index (χ2n) is 4.57. The Bertz CT molecular complexity index is 512. The Morgan fingerprint density at radius 2 is 1.89 bits per heavy atom. The molecule has 2 atom stereocenters. The van der Waals surface area contributed by atoms with Crippen molar-refractivity contribution in [3.63, 3.8) is 0 Å². The van der Waals surface area contributed by atoms with Crippen molar-refractivity contribution in [3.05, 3.63) is 35.4 Å². The smallest absolute Gasteiger partial charge is 0.308 e. The molecule has 2 rings (SSSR count). The number of benzene rings is 1. The van der Waals surface area contributed by atoms with Crippen LogP contribution in [0.2, 0.25) is 0 Å². The third-order valence-corrected chi connectivity index (χ3v) is 3.51. The van der Waals surface area contributed by atoms with E-state index >= 15 is 0 Å². The van der Waals surface area contributed by atoms with Crippen molar-refractivity contribution in [1.82, 2.24) is 4.90 Å². The minimum atomic E-state index is -1.00. The largest absolute Gasteiger partial charge is 0.481 e. The molecule has 2 unspecified atom stereocenters. The third-order valence-electron chi connectivity index (χ3n) is 3.51. The standard InChI is InChI=1S/C13H13F2NO3/c1-7-8(13(18)19)5-6-16(7)12(17)11-9(14)3-2-4-10(11)15/h2-4,7-8H,5-6H2,1H3,(H,18,19). The summed E-state index contributed by atoms with van der Waals surface area (Å²) in [5, 5.41) is 8.98. The first-order valence-corrected chi connectivity index (χ1v) is 5.91. The van der Waals surface area contributed by atoms with Gasteiger partial charge in [0.2, 0.25) is 0 Å². The highest BCUT2D eigenvalue weighted by atomic mass is 19.1. The summed E-state index contributed by atoms with van der Waals surface area (Å²) in [5.41, 5.74) is -0.625. The minimum Gasteiger partial charge on any atom is -0.481 e. The van der Waals surface area contributed by atoms with Gasteiger partial charge >= 0.3 is 5.97 Å². The van der Waals surface area contributed by atoms with Crippen molar-refractivity contribution in [2.45, 2.75) is 19.4 Å². The highest BCUT2D eigenvalue weighted by Crippen LogP contribution is 2.27. The lowest BCUT2D eigenvalue weighted by molar-refractivity contribution is -0.142. The van der Waals surface area contributed by atoms with Crippen molar-refractivity contribution >= 4 is 11.9 Å². The summed E-state index contributed by atoms with van der Waals surface area (Å²) < 4.78 is 27.1. The maximum absolute atomic E-state index is 13.5. The predicted octanol–water partition coefficient (Wildman–Crippen LogP) is 1.90. The number of hydrogen-bond acceptors (Lipinski definition) is 2. The summed E-state index contributed by atoms with van der Waals surface area (Å²) in [6.07, 6.45) is 0.290. The van der Waals surface area contributed by atoms with Gasteiger partial charge in [-0.25, -0.2) is 8.78 Å². The van der Waals surface area contributed by atoms with Crippen LogP contribution in [0.4, 0.5) is 8.78 Å². The number of amides is 1. The number of carbonyl (C=O) groups excluding carboxylic acids is 1. The van der Waals surface area contributed by atoms with Crippen LogP contribution < -0.4 is 0 Å². The molecular formula is C13H13F2NO3. The van der Waals surface area contributed by atoms with Crippen LogP contribution in [0.1, 0.15) is 23.7 Å². The number of carbonyl (C=O) groups is 2. The lowest BCUT2D eigenvalue weighted by atomic mass is 10.0. The fraction of sp³-hybridized carbons (Fsp3) is 0.385. The molecule has 1 aromatic rings. The quantitative estimate of drug-likeness (QED) is 0.892. The van der Waals surface area contributed by atoms with Gasteiger partial charge in [0.1, 0.15) is 17.2 Å². The van der Waals surface area contributed by atoms with Gasteiger partial charge in [0.05, 0.1) is 5.92 Å². The van der Waals surface area contributed by atoms with Crippen molar-refractivity contribution in [2.75, 3.05) is 6.54 Å². The van der Waals surface area contributed by atoms with Crippen molar-refractivity contribution in [1.29, 1.82) is 0 Å². The van der Waals surface area contributed by atoms with Gasteiger partial charge in [-0.15, -0.1) is 0 Å². The Balaban J connectivity index is 2.29. The Hall–Kier alpha value is -1.98. The van der Waals surface area contributed by atoms with Crippen LogP contribution in [0, 0.1) is 17.6 Å². The number of hydrogen-bond donors (Lipinski definition) is 1. The SMILES string of the molecule is CC1C(C(=O)O)CCN1C(=O)c1c(F)cccc1F. The van der Waals surface area contributed by atoms with Crippen LogP contribution in [0.5, 0.6) is 0 Å². The van der Waals surface area contributed by atoms with E-state index in [0.29, 0.717) is 0 Å². The molecule has 0 radical (unpaired) electrons. The summed E-state index contributed by atoms with van der Waals surface area (Å²) in [7, 11) is 0. The summed E-state index contributed by atoms with van der Waals surface area (Å²) in [6, 6.07) is 2.61. The molecule has 0 spiro atoms. The molecule has 1 saturated heterocycles. The van der Waals surface area contributed by atoms with E-state index < -0.39 is 41.0 Å². The molecule has 19 heavy (non-hydrogen) atoms. The predicted molar refractivity (Wildman–Crippen MR) is 62.6 cm³/mol. The number of aliphatic carboxylic acids is 1. The second-order valence-corrected chi connectivity index (χ2v) is 4.57. The Kier molecular flexibility index (Phi) is 3.50. The van der Waals surface area contributed by atoms with Gasteiger partial charge in [-0.1, -0.05) is 6.07 Å². The van der Waals surface area contributed by atoms with Gasteiger partial charge in [0.25, 0.3) is 5.91 Å². The first-order chi connectivity index (χ1) is 8.93. The molecule has 0 aliphatic carbocycles. The lowest BCUT2D eigenvalue weighted by Crippen LogP contribution is -2.38. The first kappa shape index (κ1) is 13.5. The number of halogens is 2. The molecule has 1 aliphatic rings.